The Morgan fingerprint density at radius 2 is 1.84 bits per heavy atom. The maximum Gasteiger partial charge on any atom is 0.269 e. The third-order valence-electron chi connectivity index (χ3n) is 3.42. The van der Waals surface area contributed by atoms with Crippen molar-refractivity contribution in [1.82, 2.24) is 9.80 Å². The van der Waals surface area contributed by atoms with Gasteiger partial charge in [0.25, 0.3) is 11.6 Å². The highest BCUT2D eigenvalue weighted by molar-refractivity contribution is 8.26. The monoisotopic (exact) mass is 419 g/mol. The van der Waals surface area contributed by atoms with Crippen molar-refractivity contribution in [3.05, 3.63) is 44.8 Å². The van der Waals surface area contributed by atoms with Crippen molar-refractivity contribution in [2.24, 2.45) is 0 Å². The molecular formula is C15H15Cl2N3O3S2. The van der Waals surface area contributed by atoms with E-state index < -0.39 is 4.92 Å². The number of thioether (sulfide) groups is 1. The molecule has 2 rings (SSSR count). The summed E-state index contributed by atoms with van der Waals surface area (Å²) in [6.07, 6.45) is 1.68. The smallest absolute Gasteiger partial charge is 0.269 e. The Labute approximate surface area is 164 Å². The number of carbonyl (C=O) groups excluding carboxylic acids is 1. The predicted octanol–water partition coefficient (Wildman–Crippen LogP) is 3.53. The molecule has 1 amide bonds. The topological polar surface area (TPSA) is 66.7 Å². The van der Waals surface area contributed by atoms with Crippen LogP contribution in [0.2, 0.25) is 0 Å². The van der Waals surface area contributed by atoms with E-state index in [4.69, 9.17) is 35.4 Å². The van der Waals surface area contributed by atoms with Gasteiger partial charge in [-0.25, -0.2) is 0 Å². The zero-order chi connectivity index (χ0) is 18.4. The van der Waals surface area contributed by atoms with Crippen LogP contribution in [0.25, 0.3) is 6.08 Å². The van der Waals surface area contributed by atoms with Crippen LogP contribution in [0.3, 0.4) is 0 Å². The Morgan fingerprint density at radius 1 is 1.24 bits per heavy atom. The first-order valence-corrected chi connectivity index (χ1v) is 9.59. The van der Waals surface area contributed by atoms with Gasteiger partial charge in [-0.2, -0.15) is 0 Å². The first-order chi connectivity index (χ1) is 12.0. The molecule has 0 unspecified atom stereocenters. The molecule has 0 saturated carbocycles. The Hall–Kier alpha value is -1.19. The second kappa shape index (κ2) is 9.49. The average molecular weight is 420 g/mol. The number of nitro groups is 1. The minimum absolute atomic E-state index is 0.00231. The molecule has 10 heteroatoms. The summed E-state index contributed by atoms with van der Waals surface area (Å²) in [4.78, 5) is 26.8. The number of benzene rings is 1. The van der Waals surface area contributed by atoms with Crippen LogP contribution in [-0.4, -0.2) is 56.5 Å². The quantitative estimate of drug-likeness (QED) is 0.211. The normalized spacial score (nSPS) is 16.3. The van der Waals surface area contributed by atoms with Crippen molar-refractivity contribution < 1.29 is 9.72 Å². The van der Waals surface area contributed by atoms with E-state index in [1.54, 1.807) is 18.2 Å². The molecule has 1 aliphatic rings. The molecule has 1 heterocycles. The Morgan fingerprint density at radius 3 is 2.36 bits per heavy atom. The van der Waals surface area contributed by atoms with Crippen molar-refractivity contribution in [2.75, 3.05) is 31.5 Å². The van der Waals surface area contributed by atoms with E-state index in [1.807, 2.05) is 4.90 Å². The number of alkyl halides is 2. The molecule has 1 saturated heterocycles. The number of thiocarbonyl (C=S) groups is 1. The van der Waals surface area contributed by atoms with Gasteiger partial charge in [-0.3, -0.25) is 24.7 Å². The van der Waals surface area contributed by atoms with Crippen LogP contribution in [0.5, 0.6) is 0 Å². The number of hydrogen-bond donors (Lipinski definition) is 0. The van der Waals surface area contributed by atoms with Crippen molar-refractivity contribution in [3.63, 3.8) is 0 Å². The number of nitrogens with zero attached hydrogens (tertiary/aromatic N) is 3. The van der Waals surface area contributed by atoms with Crippen LogP contribution in [0.4, 0.5) is 5.69 Å². The summed E-state index contributed by atoms with van der Waals surface area (Å²) < 4.78 is 0.465. The van der Waals surface area contributed by atoms with E-state index in [0.717, 1.165) is 0 Å². The van der Waals surface area contributed by atoms with Crippen LogP contribution >= 0.6 is 47.2 Å². The van der Waals surface area contributed by atoms with Crippen molar-refractivity contribution in [1.29, 1.82) is 0 Å². The van der Waals surface area contributed by atoms with E-state index in [0.29, 0.717) is 46.3 Å². The molecule has 1 aromatic carbocycles. The van der Waals surface area contributed by atoms with Gasteiger partial charge in [0.2, 0.25) is 0 Å². The molecule has 25 heavy (non-hydrogen) atoms. The number of hydrogen-bond acceptors (Lipinski definition) is 6. The molecule has 1 aliphatic heterocycles. The van der Waals surface area contributed by atoms with Crippen LogP contribution in [0.1, 0.15) is 5.56 Å². The maximum absolute atomic E-state index is 12.6. The molecule has 0 N–H and O–H groups in total. The second-order valence-corrected chi connectivity index (χ2v) is 7.53. The summed E-state index contributed by atoms with van der Waals surface area (Å²) in [5, 5.41) is 10.7. The zero-order valence-corrected chi connectivity index (χ0v) is 16.2. The number of nitro benzene ring substituents is 1. The van der Waals surface area contributed by atoms with Gasteiger partial charge in [0.15, 0.2) is 0 Å². The fourth-order valence-electron chi connectivity index (χ4n) is 2.16. The lowest BCUT2D eigenvalue weighted by Gasteiger charge is -2.25. The van der Waals surface area contributed by atoms with E-state index >= 15 is 0 Å². The minimum Gasteiger partial charge on any atom is -0.283 e. The van der Waals surface area contributed by atoms with Crippen LogP contribution in [-0.2, 0) is 4.79 Å². The van der Waals surface area contributed by atoms with Crippen LogP contribution < -0.4 is 0 Å². The SMILES string of the molecule is O=C1C(=Cc2ccc([N+](=O)[O-])cc2)SC(=S)N1CN(CCCl)CCCl. The first-order valence-electron chi connectivity index (χ1n) is 7.30. The highest BCUT2D eigenvalue weighted by atomic mass is 35.5. The van der Waals surface area contributed by atoms with Crippen LogP contribution in [0.15, 0.2) is 29.2 Å². The molecule has 134 valence electrons. The molecule has 1 fully saturated rings. The Bertz CT molecular complexity index is 692. The fraction of sp³-hybridized carbons (Fsp3) is 0.333. The highest BCUT2D eigenvalue weighted by Gasteiger charge is 2.33. The standard InChI is InChI=1S/C15H15Cl2N3O3S2/c16-5-7-18(8-6-17)10-19-14(21)13(25-15(19)24)9-11-1-3-12(4-2-11)20(22)23/h1-4,9H,5-8,10H2. The largest absolute Gasteiger partial charge is 0.283 e. The van der Waals surface area contributed by atoms with Gasteiger partial charge in [0, 0.05) is 37.0 Å². The maximum atomic E-state index is 12.6. The van der Waals surface area contributed by atoms with E-state index in [1.165, 1.54) is 28.8 Å². The van der Waals surface area contributed by atoms with Gasteiger partial charge >= 0.3 is 0 Å². The molecule has 0 radical (unpaired) electrons. The highest BCUT2D eigenvalue weighted by Crippen LogP contribution is 2.32. The Kier molecular flexibility index (Phi) is 7.64. The summed E-state index contributed by atoms with van der Waals surface area (Å²) in [6.45, 7) is 1.54. The zero-order valence-electron chi connectivity index (χ0n) is 13.1. The van der Waals surface area contributed by atoms with E-state index in [9.17, 15) is 14.9 Å². The third-order valence-corrected chi connectivity index (χ3v) is 5.13. The molecule has 0 bridgehead atoms. The predicted molar refractivity (Wildman–Crippen MR) is 106 cm³/mol. The van der Waals surface area contributed by atoms with Gasteiger partial charge in [0.05, 0.1) is 16.5 Å². The summed E-state index contributed by atoms with van der Waals surface area (Å²) in [6, 6.07) is 5.99. The molecule has 0 atom stereocenters. The van der Waals surface area contributed by atoms with Gasteiger partial charge < -0.3 is 0 Å². The van der Waals surface area contributed by atoms with Crippen LogP contribution in [0, 0.1) is 10.1 Å². The second-order valence-electron chi connectivity index (χ2n) is 5.10. The minimum atomic E-state index is -0.467. The summed E-state index contributed by atoms with van der Waals surface area (Å²) in [5.41, 5.74) is 0.701. The summed E-state index contributed by atoms with van der Waals surface area (Å²) >= 11 is 18.1. The number of amides is 1. The van der Waals surface area contributed by atoms with Crippen molar-refractivity contribution in [2.45, 2.75) is 0 Å². The average Bonchev–Trinajstić information content (AvgIpc) is 2.83. The molecule has 0 aliphatic carbocycles. The Balaban J connectivity index is 2.12. The molecule has 0 spiro atoms. The molecule has 1 aromatic rings. The third kappa shape index (κ3) is 5.39. The number of halogens is 2. The summed E-state index contributed by atoms with van der Waals surface area (Å²) in [5.74, 6) is 0.678. The number of carbonyl (C=O) groups is 1. The number of non-ortho nitro benzene ring substituents is 1. The first kappa shape index (κ1) is 20.1. The molecular weight excluding hydrogens is 405 g/mol. The van der Waals surface area contributed by atoms with Crippen molar-refractivity contribution in [3.8, 4) is 0 Å². The van der Waals surface area contributed by atoms with Gasteiger partial charge in [-0.1, -0.05) is 24.0 Å². The van der Waals surface area contributed by atoms with E-state index in [-0.39, 0.29) is 11.6 Å². The molecule has 6 nitrogen and oxygen atoms in total. The lowest BCUT2D eigenvalue weighted by molar-refractivity contribution is -0.384. The van der Waals surface area contributed by atoms with Gasteiger partial charge in [-0.15, -0.1) is 23.2 Å². The van der Waals surface area contributed by atoms with Gasteiger partial charge in [0.1, 0.15) is 4.32 Å². The number of rotatable bonds is 8. The van der Waals surface area contributed by atoms with E-state index in [2.05, 4.69) is 0 Å². The lowest BCUT2D eigenvalue weighted by Crippen LogP contribution is -2.42. The summed E-state index contributed by atoms with van der Waals surface area (Å²) in [7, 11) is 0. The lowest BCUT2D eigenvalue weighted by atomic mass is 10.2. The van der Waals surface area contributed by atoms with Gasteiger partial charge in [-0.05, 0) is 23.8 Å². The van der Waals surface area contributed by atoms with Crippen molar-refractivity contribution >= 4 is 69.2 Å². The fourth-order valence-corrected chi connectivity index (χ4v) is 3.88. The molecule has 0 aromatic heterocycles.